The number of nitrogens with one attached hydrogen (secondary N) is 1. The van der Waals surface area contributed by atoms with Crippen molar-refractivity contribution in [2.24, 2.45) is 0 Å². The first-order chi connectivity index (χ1) is 10.2. The zero-order valence-corrected chi connectivity index (χ0v) is 12.0. The van der Waals surface area contributed by atoms with E-state index in [4.69, 9.17) is 4.74 Å². The van der Waals surface area contributed by atoms with Crippen LogP contribution in [0.15, 0.2) is 36.7 Å². The Morgan fingerprint density at radius 2 is 2.14 bits per heavy atom. The molecule has 0 saturated carbocycles. The van der Waals surface area contributed by atoms with Gasteiger partial charge in [0.1, 0.15) is 11.6 Å². The van der Waals surface area contributed by atoms with Crippen LogP contribution in [0.3, 0.4) is 0 Å². The highest BCUT2D eigenvalue weighted by Crippen LogP contribution is 2.13. The van der Waals surface area contributed by atoms with E-state index in [2.05, 4.69) is 20.0 Å². The minimum absolute atomic E-state index is 0.184. The van der Waals surface area contributed by atoms with E-state index in [1.54, 1.807) is 13.3 Å². The monoisotopic (exact) mass is 287 g/mol. The van der Waals surface area contributed by atoms with Crippen molar-refractivity contribution < 1.29 is 14.3 Å². The largest absolute Gasteiger partial charge is 0.497 e. The Hall–Kier alpha value is -2.63. The summed E-state index contributed by atoms with van der Waals surface area (Å²) >= 11 is 0. The molecule has 0 spiro atoms. The first kappa shape index (κ1) is 14.8. The van der Waals surface area contributed by atoms with Gasteiger partial charge in [-0.1, -0.05) is 12.1 Å². The molecule has 0 radical (unpaired) electrons. The molecule has 6 heteroatoms. The van der Waals surface area contributed by atoms with Crippen molar-refractivity contribution in [1.82, 2.24) is 9.97 Å². The molecule has 1 heterocycles. The molecule has 0 atom stereocenters. The smallest absolute Gasteiger partial charge is 0.358 e. The second-order valence-corrected chi connectivity index (χ2v) is 4.31. The van der Waals surface area contributed by atoms with Crippen molar-refractivity contribution in [2.75, 3.05) is 26.1 Å². The van der Waals surface area contributed by atoms with Crippen LogP contribution in [0.4, 0.5) is 5.82 Å². The summed E-state index contributed by atoms with van der Waals surface area (Å²) in [5, 5.41) is 3.13. The second kappa shape index (κ2) is 7.23. The maximum absolute atomic E-state index is 11.4. The Labute approximate surface area is 123 Å². The predicted octanol–water partition coefficient (Wildman–Crippen LogP) is 1.93. The van der Waals surface area contributed by atoms with Gasteiger partial charge in [0.25, 0.3) is 0 Å². The fraction of sp³-hybridized carbons (Fsp3) is 0.267. The molecule has 0 aliphatic carbocycles. The zero-order chi connectivity index (χ0) is 15.1. The number of anilines is 1. The molecule has 0 aliphatic heterocycles. The Kier molecular flexibility index (Phi) is 5.09. The summed E-state index contributed by atoms with van der Waals surface area (Å²) in [5.74, 6) is 0.875. The Morgan fingerprint density at radius 3 is 2.90 bits per heavy atom. The summed E-state index contributed by atoms with van der Waals surface area (Å²) in [6.45, 7) is 0.673. The van der Waals surface area contributed by atoms with Gasteiger partial charge in [0.15, 0.2) is 5.69 Å². The van der Waals surface area contributed by atoms with E-state index in [0.717, 1.165) is 17.7 Å². The van der Waals surface area contributed by atoms with Crippen LogP contribution in [0.1, 0.15) is 16.1 Å². The third-order valence-corrected chi connectivity index (χ3v) is 2.88. The molecule has 1 N–H and O–H groups in total. The van der Waals surface area contributed by atoms with Crippen LogP contribution in [-0.2, 0) is 11.2 Å². The molecule has 0 bridgehead atoms. The summed E-state index contributed by atoms with van der Waals surface area (Å²) in [5.41, 5.74) is 1.34. The third kappa shape index (κ3) is 4.17. The summed E-state index contributed by atoms with van der Waals surface area (Å²) in [6, 6.07) is 7.87. The fourth-order valence-electron chi connectivity index (χ4n) is 1.82. The van der Waals surface area contributed by atoms with Crippen molar-refractivity contribution in [3.8, 4) is 5.75 Å². The van der Waals surface area contributed by atoms with E-state index >= 15 is 0 Å². The number of carbonyl (C=O) groups is 1. The van der Waals surface area contributed by atoms with E-state index in [0.29, 0.717) is 12.4 Å². The van der Waals surface area contributed by atoms with Crippen LogP contribution in [0.5, 0.6) is 5.75 Å². The van der Waals surface area contributed by atoms with E-state index in [1.807, 2.05) is 24.3 Å². The minimum Gasteiger partial charge on any atom is -0.497 e. The van der Waals surface area contributed by atoms with Gasteiger partial charge >= 0.3 is 5.97 Å². The van der Waals surface area contributed by atoms with E-state index in [9.17, 15) is 4.79 Å². The lowest BCUT2D eigenvalue weighted by Crippen LogP contribution is -2.10. The van der Waals surface area contributed by atoms with Crippen LogP contribution < -0.4 is 10.1 Å². The van der Waals surface area contributed by atoms with Gasteiger partial charge in [0.2, 0.25) is 0 Å². The van der Waals surface area contributed by atoms with Gasteiger partial charge < -0.3 is 14.8 Å². The number of nitrogens with zero attached hydrogens (tertiary/aromatic N) is 2. The first-order valence-electron chi connectivity index (χ1n) is 6.50. The summed E-state index contributed by atoms with van der Waals surface area (Å²) < 4.78 is 9.79. The van der Waals surface area contributed by atoms with Gasteiger partial charge in [-0.15, -0.1) is 0 Å². The highest BCUT2D eigenvalue weighted by atomic mass is 16.5. The van der Waals surface area contributed by atoms with Crippen molar-refractivity contribution >= 4 is 11.8 Å². The first-order valence-corrected chi connectivity index (χ1v) is 6.50. The molecule has 0 saturated heterocycles. The highest BCUT2D eigenvalue weighted by molar-refractivity contribution is 5.87. The van der Waals surface area contributed by atoms with E-state index in [-0.39, 0.29) is 5.69 Å². The molecule has 1 aromatic carbocycles. The number of ether oxygens (including phenoxy) is 2. The number of aromatic nitrogens is 2. The van der Waals surface area contributed by atoms with Crippen LogP contribution in [0, 0.1) is 0 Å². The Bertz CT molecular complexity index is 617. The van der Waals surface area contributed by atoms with E-state index < -0.39 is 5.97 Å². The van der Waals surface area contributed by atoms with Gasteiger partial charge in [-0.05, 0) is 24.1 Å². The number of carbonyl (C=O) groups excluding carboxylic acids is 1. The average Bonchev–Trinajstić information content (AvgIpc) is 2.54. The number of benzene rings is 1. The second-order valence-electron chi connectivity index (χ2n) is 4.31. The molecule has 1 aromatic heterocycles. The van der Waals surface area contributed by atoms with Gasteiger partial charge in [-0.3, -0.25) is 4.98 Å². The van der Waals surface area contributed by atoms with Crippen LogP contribution in [0.25, 0.3) is 0 Å². The number of hydrogen-bond acceptors (Lipinski definition) is 6. The van der Waals surface area contributed by atoms with E-state index in [1.165, 1.54) is 13.3 Å². The summed E-state index contributed by atoms with van der Waals surface area (Å²) in [6.07, 6.45) is 3.75. The summed E-state index contributed by atoms with van der Waals surface area (Å²) in [7, 11) is 2.96. The Balaban J connectivity index is 1.92. The maximum atomic E-state index is 11.4. The molecule has 0 amide bonds. The van der Waals surface area contributed by atoms with Gasteiger partial charge in [-0.25, -0.2) is 9.78 Å². The van der Waals surface area contributed by atoms with Crippen molar-refractivity contribution in [3.05, 3.63) is 47.9 Å². The minimum atomic E-state index is -0.501. The molecule has 6 nitrogen and oxygen atoms in total. The van der Waals surface area contributed by atoms with Gasteiger partial charge in [0, 0.05) is 6.54 Å². The molecule has 2 rings (SSSR count). The maximum Gasteiger partial charge on any atom is 0.358 e. The highest BCUT2D eigenvalue weighted by Gasteiger charge is 2.08. The number of hydrogen-bond donors (Lipinski definition) is 1. The lowest BCUT2D eigenvalue weighted by Gasteiger charge is -2.07. The van der Waals surface area contributed by atoms with Crippen LogP contribution in [0.2, 0.25) is 0 Å². The quantitative estimate of drug-likeness (QED) is 0.818. The zero-order valence-electron chi connectivity index (χ0n) is 12.0. The lowest BCUT2D eigenvalue weighted by atomic mass is 10.1. The van der Waals surface area contributed by atoms with Crippen LogP contribution >= 0.6 is 0 Å². The van der Waals surface area contributed by atoms with Crippen LogP contribution in [-0.4, -0.2) is 36.7 Å². The molecule has 0 aliphatic rings. The lowest BCUT2D eigenvalue weighted by molar-refractivity contribution is 0.0593. The molecule has 110 valence electrons. The fourth-order valence-corrected chi connectivity index (χ4v) is 1.82. The van der Waals surface area contributed by atoms with Crippen molar-refractivity contribution in [2.45, 2.75) is 6.42 Å². The van der Waals surface area contributed by atoms with Gasteiger partial charge in [0.05, 0.1) is 26.6 Å². The number of esters is 1. The molecule has 2 aromatic rings. The molecular weight excluding hydrogens is 270 g/mol. The number of methoxy groups -OCH3 is 2. The molecular formula is C15H17N3O3. The topological polar surface area (TPSA) is 73.3 Å². The van der Waals surface area contributed by atoms with Crippen molar-refractivity contribution in [3.63, 3.8) is 0 Å². The van der Waals surface area contributed by atoms with Crippen molar-refractivity contribution in [1.29, 1.82) is 0 Å². The molecule has 0 fully saturated rings. The standard InChI is InChI=1S/C15H17N3O3/c1-20-12-5-3-4-11(8-12)6-7-17-14-10-16-9-13(18-14)15(19)21-2/h3-5,8-10H,6-7H2,1-2H3,(H,17,18). The normalized spacial score (nSPS) is 10.0. The third-order valence-electron chi connectivity index (χ3n) is 2.88. The van der Waals surface area contributed by atoms with Gasteiger partial charge in [-0.2, -0.15) is 0 Å². The molecule has 0 unspecified atom stereocenters. The predicted molar refractivity (Wildman–Crippen MR) is 78.6 cm³/mol. The summed E-state index contributed by atoms with van der Waals surface area (Å²) in [4.78, 5) is 19.5. The Morgan fingerprint density at radius 1 is 1.29 bits per heavy atom. The molecule has 21 heavy (non-hydrogen) atoms. The SMILES string of the molecule is COC(=O)c1cncc(NCCc2cccc(OC)c2)n1. The average molecular weight is 287 g/mol. The number of rotatable bonds is 6.